The van der Waals surface area contributed by atoms with E-state index in [1.807, 2.05) is 6.92 Å². The van der Waals surface area contributed by atoms with Gasteiger partial charge >= 0.3 is 0 Å². The highest BCUT2D eigenvalue weighted by molar-refractivity contribution is 6.34. The maximum Gasteiger partial charge on any atom is 0.283 e. The normalized spacial score (nSPS) is 22.3. The van der Waals surface area contributed by atoms with Gasteiger partial charge in [0.15, 0.2) is 0 Å². The first kappa shape index (κ1) is 14.7. The number of rotatable bonds is 3. The van der Waals surface area contributed by atoms with Gasteiger partial charge in [-0.15, -0.1) is 0 Å². The Kier molecular flexibility index (Phi) is 4.57. The minimum atomic E-state index is -0.591. The zero-order valence-electron chi connectivity index (χ0n) is 11.1. The predicted molar refractivity (Wildman–Crippen MR) is 76.1 cm³/mol. The van der Waals surface area contributed by atoms with E-state index in [1.165, 1.54) is 18.2 Å². The zero-order chi connectivity index (χ0) is 14.7. The van der Waals surface area contributed by atoms with E-state index in [0.717, 1.165) is 19.4 Å². The third-order valence-corrected chi connectivity index (χ3v) is 3.69. The Labute approximate surface area is 121 Å². The van der Waals surface area contributed by atoms with Crippen LogP contribution in [0.1, 0.15) is 30.1 Å². The Balaban J connectivity index is 2.19. The Bertz CT molecular complexity index is 536. The molecule has 1 aromatic rings. The highest BCUT2D eigenvalue weighted by Crippen LogP contribution is 2.26. The molecule has 2 atom stereocenters. The van der Waals surface area contributed by atoms with Gasteiger partial charge in [-0.1, -0.05) is 17.7 Å². The molecule has 0 aromatic heterocycles. The summed E-state index contributed by atoms with van der Waals surface area (Å²) in [5.41, 5.74) is -0.331. The van der Waals surface area contributed by atoms with Crippen LogP contribution in [0.5, 0.6) is 0 Å². The molecule has 1 aliphatic rings. The van der Waals surface area contributed by atoms with Crippen LogP contribution in [0.2, 0.25) is 5.02 Å². The van der Waals surface area contributed by atoms with E-state index in [1.54, 1.807) is 0 Å². The molecule has 2 N–H and O–H groups in total. The van der Waals surface area contributed by atoms with E-state index >= 15 is 0 Å². The highest BCUT2D eigenvalue weighted by atomic mass is 35.5. The van der Waals surface area contributed by atoms with Gasteiger partial charge in [-0.05, 0) is 32.4 Å². The van der Waals surface area contributed by atoms with E-state index in [9.17, 15) is 14.9 Å². The summed E-state index contributed by atoms with van der Waals surface area (Å²) >= 11 is 5.94. The predicted octanol–water partition coefficient (Wildman–Crippen LogP) is 2.12. The van der Waals surface area contributed by atoms with Crippen molar-refractivity contribution in [3.63, 3.8) is 0 Å². The minimum Gasteiger partial charge on any atom is -0.349 e. The molecule has 1 aromatic carbocycles. The van der Waals surface area contributed by atoms with Crippen molar-refractivity contribution in [1.29, 1.82) is 0 Å². The molecule has 1 aliphatic heterocycles. The van der Waals surface area contributed by atoms with E-state index in [0.29, 0.717) is 6.04 Å². The molecule has 0 bridgehead atoms. The summed E-state index contributed by atoms with van der Waals surface area (Å²) in [6, 6.07) is 4.55. The highest BCUT2D eigenvalue weighted by Gasteiger charge is 2.26. The summed E-state index contributed by atoms with van der Waals surface area (Å²) in [5.74, 6) is -0.485. The lowest BCUT2D eigenvalue weighted by molar-refractivity contribution is -0.385. The summed E-state index contributed by atoms with van der Waals surface area (Å²) in [5, 5.41) is 17.2. The number of hydrogen-bond acceptors (Lipinski definition) is 4. The number of nitrogens with one attached hydrogen (secondary N) is 2. The van der Waals surface area contributed by atoms with Crippen LogP contribution in [0.3, 0.4) is 0 Å². The largest absolute Gasteiger partial charge is 0.349 e. The lowest BCUT2D eigenvalue weighted by Gasteiger charge is -2.28. The van der Waals surface area contributed by atoms with Gasteiger partial charge in [-0.2, -0.15) is 0 Å². The topological polar surface area (TPSA) is 84.3 Å². The summed E-state index contributed by atoms with van der Waals surface area (Å²) in [7, 11) is 0. The van der Waals surface area contributed by atoms with Crippen LogP contribution in [-0.2, 0) is 0 Å². The second-order valence-corrected chi connectivity index (χ2v) is 5.35. The van der Waals surface area contributed by atoms with Gasteiger partial charge in [0.2, 0.25) is 0 Å². The van der Waals surface area contributed by atoms with Crippen molar-refractivity contribution in [1.82, 2.24) is 10.6 Å². The van der Waals surface area contributed by atoms with Crippen molar-refractivity contribution in [2.75, 3.05) is 6.54 Å². The number of nitro benzene ring substituents is 1. The second-order valence-electron chi connectivity index (χ2n) is 4.94. The average molecular weight is 298 g/mol. The third kappa shape index (κ3) is 3.26. The van der Waals surface area contributed by atoms with E-state index < -0.39 is 10.8 Å². The number of nitrogens with zero attached hydrogens (tertiary/aromatic N) is 1. The molecular weight excluding hydrogens is 282 g/mol. The SMILES string of the molecule is CC1CC(NC(=O)c2c(Cl)cccc2[N+](=O)[O-])CCN1. The summed E-state index contributed by atoms with van der Waals surface area (Å²) in [6.07, 6.45) is 1.60. The van der Waals surface area contributed by atoms with Gasteiger partial charge < -0.3 is 10.6 Å². The maximum atomic E-state index is 12.2. The third-order valence-electron chi connectivity index (χ3n) is 3.37. The molecule has 6 nitrogen and oxygen atoms in total. The fourth-order valence-electron chi connectivity index (χ4n) is 2.41. The fourth-order valence-corrected chi connectivity index (χ4v) is 2.67. The van der Waals surface area contributed by atoms with Crippen LogP contribution in [0.25, 0.3) is 0 Å². The number of hydrogen-bond donors (Lipinski definition) is 2. The standard InChI is InChI=1S/C13H16ClN3O3/c1-8-7-9(5-6-15-8)16-13(18)12-10(14)3-2-4-11(12)17(19)20/h2-4,8-9,15H,5-7H2,1H3,(H,16,18). The Hall–Kier alpha value is -1.66. The number of benzene rings is 1. The molecule has 2 rings (SSSR count). The van der Waals surface area contributed by atoms with Crippen molar-refractivity contribution < 1.29 is 9.72 Å². The quantitative estimate of drug-likeness (QED) is 0.661. The summed E-state index contributed by atoms with van der Waals surface area (Å²) < 4.78 is 0. The van der Waals surface area contributed by atoms with Gasteiger partial charge in [-0.3, -0.25) is 14.9 Å². The van der Waals surface area contributed by atoms with Gasteiger partial charge in [0.25, 0.3) is 11.6 Å². The van der Waals surface area contributed by atoms with Gasteiger partial charge in [0, 0.05) is 18.2 Å². The molecular formula is C13H16ClN3O3. The smallest absolute Gasteiger partial charge is 0.283 e. The van der Waals surface area contributed by atoms with Gasteiger partial charge in [-0.25, -0.2) is 0 Å². The molecule has 108 valence electrons. The number of nitro groups is 1. The summed E-state index contributed by atoms with van der Waals surface area (Å²) in [4.78, 5) is 22.6. The molecule has 1 amide bonds. The van der Waals surface area contributed by atoms with E-state index in [2.05, 4.69) is 10.6 Å². The number of carbonyl (C=O) groups is 1. The monoisotopic (exact) mass is 297 g/mol. The molecule has 0 spiro atoms. The average Bonchev–Trinajstić information content (AvgIpc) is 2.38. The molecule has 0 aliphatic carbocycles. The first-order valence-electron chi connectivity index (χ1n) is 6.46. The van der Waals surface area contributed by atoms with Crippen molar-refractivity contribution in [2.45, 2.75) is 31.8 Å². The number of piperidine rings is 1. The van der Waals surface area contributed by atoms with Crippen LogP contribution in [0, 0.1) is 10.1 Å². The molecule has 1 saturated heterocycles. The van der Waals surface area contributed by atoms with Crippen LogP contribution in [-0.4, -0.2) is 29.5 Å². The molecule has 20 heavy (non-hydrogen) atoms. The fraction of sp³-hybridized carbons (Fsp3) is 0.462. The van der Waals surface area contributed by atoms with Gasteiger partial charge in [0.05, 0.1) is 9.95 Å². The molecule has 0 radical (unpaired) electrons. The number of carbonyl (C=O) groups excluding carboxylic acids is 1. The molecule has 1 fully saturated rings. The lowest BCUT2D eigenvalue weighted by Crippen LogP contribution is -2.46. The lowest BCUT2D eigenvalue weighted by atomic mass is 10.00. The maximum absolute atomic E-state index is 12.2. The molecule has 0 saturated carbocycles. The van der Waals surface area contributed by atoms with Crippen molar-refractivity contribution in [3.05, 3.63) is 38.9 Å². The number of amides is 1. The van der Waals surface area contributed by atoms with Crippen molar-refractivity contribution >= 4 is 23.2 Å². The molecule has 2 unspecified atom stereocenters. The van der Waals surface area contributed by atoms with Crippen LogP contribution in [0.15, 0.2) is 18.2 Å². The Morgan fingerprint density at radius 1 is 1.55 bits per heavy atom. The van der Waals surface area contributed by atoms with Gasteiger partial charge in [0.1, 0.15) is 5.56 Å². The van der Waals surface area contributed by atoms with Crippen molar-refractivity contribution in [3.8, 4) is 0 Å². The van der Waals surface area contributed by atoms with Crippen LogP contribution in [0.4, 0.5) is 5.69 Å². The minimum absolute atomic E-state index is 0.00891. The van der Waals surface area contributed by atoms with Crippen LogP contribution < -0.4 is 10.6 Å². The van der Waals surface area contributed by atoms with E-state index in [4.69, 9.17) is 11.6 Å². The molecule has 1 heterocycles. The molecule has 7 heteroatoms. The van der Waals surface area contributed by atoms with Crippen LogP contribution >= 0.6 is 11.6 Å². The van der Waals surface area contributed by atoms with Crippen molar-refractivity contribution in [2.24, 2.45) is 0 Å². The Morgan fingerprint density at radius 3 is 2.95 bits per heavy atom. The number of halogens is 1. The Morgan fingerprint density at radius 2 is 2.30 bits per heavy atom. The zero-order valence-corrected chi connectivity index (χ0v) is 11.8. The van der Waals surface area contributed by atoms with E-state index in [-0.39, 0.29) is 22.3 Å². The first-order valence-corrected chi connectivity index (χ1v) is 6.84. The summed E-state index contributed by atoms with van der Waals surface area (Å²) in [6.45, 7) is 2.85. The first-order chi connectivity index (χ1) is 9.49. The second kappa shape index (κ2) is 6.19.